The van der Waals surface area contributed by atoms with Crippen molar-refractivity contribution in [2.24, 2.45) is 0 Å². The van der Waals surface area contributed by atoms with Gasteiger partial charge in [-0.1, -0.05) is 29.5 Å². The molecule has 0 fully saturated rings. The minimum atomic E-state index is -2.82. The summed E-state index contributed by atoms with van der Waals surface area (Å²) in [6, 6.07) is 0. The molecule has 0 saturated heterocycles. The predicted octanol–water partition coefficient (Wildman–Crippen LogP) is 3.42. The number of halogens is 1. The van der Waals surface area contributed by atoms with Gasteiger partial charge < -0.3 is 9.05 Å². The topological polar surface area (TPSA) is 35.5 Å². The lowest BCUT2D eigenvalue weighted by Crippen LogP contribution is -2.05. The summed E-state index contributed by atoms with van der Waals surface area (Å²) in [7, 11) is -2.82. The highest BCUT2D eigenvalue weighted by Gasteiger charge is 2.31. The van der Waals surface area contributed by atoms with Gasteiger partial charge in [0.25, 0.3) is 0 Å². The molecule has 0 aromatic carbocycles. The summed E-state index contributed by atoms with van der Waals surface area (Å²) in [6.45, 7) is 6.50. The van der Waals surface area contributed by atoms with E-state index < -0.39 is 7.60 Å². The summed E-state index contributed by atoms with van der Waals surface area (Å²) in [6.07, 6.45) is 0.803. The summed E-state index contributed by atoms with van der Waals surface area (Å²) >= 11 is 2.12. The second kappa shape index (κ2) is 6.35. The molecule has 3 nitrogen and oxygen atoms in total. The molecule has 0 amide bonds. The van der Waals surface area contributed by atoms with E-state index in [1.165, 1.54) is 0 Å². The monoisotopic (exact) mass is 306 g/mol. The summed E-state index contributed by atoms with van der Waals surface area (Å²) in [5.74, 6) is 0. The maximum absolute atomic E-state index is 11.9. The Kier molecular flexibility index (Phi) is 6.82. The molecule has 0 spiro atoms. The van der Waals surface area contributed by atoms with Gasteiger partial charge in [-0.3, -0.25) is 4.57 Å². The van der Waals surface area contributed by atoms with Gasteiger partial charge in [-0.05, 0) is 20.3 Å². The van der Waals surface area contributed by atoms with Crippen molar-refractivity contribution in [3.05, 3.63) is 0 Å². The Labute approximate surface area is 87.9 Å². The van der Waals surface area contributed by atoms with E-state index in [4.69, 9.17) is 9.05 Å². The van der Waals surface area contributed by atoms with Gasteiger partial charge in [-0.15, -0.1) is 0 Å². The molecule has 0 unspecified atom stereocenters. The first-order valence-corrected chi connectivity index (χ1v) is 6.99. The zero-order valence-electron chi connectivity index (χ0n) is 7.75. The molecular weight excluding hydrogens is 290 g/mol. The molecule has 0 radical (unpaired) electrons. The largest absolute Gasteiger partial charge is 0.343 e. The fourth-order valence-electron chi connectivity index (χ4n) is 0.783. The molecular formula is C7H16IO3P. The quantitative estimate of drug-likeness (QED) is 0.428. The SMILES string of the molecule is CCOP(=O)(OCC)[C@H](I)CC. The average Bonchev–Trinajstić information content (AvgIpc) is 2.04. The van der Waals surface area contributed by atoms with Crippen molar-refractivity contribution >= 4 is 30.2 Å². The van der Waals surface area contributed by atoms with Crippen LogP contribution in [0.3, 0.4) is 0 Å². The van der Waals surface area contributed by atoms with E-state index in [9.17, 15) is 4.57 Å². The van der Waals surface area contributed by atoms with Crippen molar-refractivity contribution in [3.63, 3.8) is 0 Å². The van der Waals surface area contributed by atoms with Crippen LogP contribution in [-0.2, 0) is 13.6 Å². The number of rotatable bonds is 6. The second-order valence-electron chi connectivity index (χ2n) is 2.22. The lowest BCUT2D eigenvalue weighted by molar-refractivity contribution is 0.219. The first-order chi connectivity index (χ1) is 5.60. The van der Waals surface area contributed by atoms with Crippen LogP contribution in [0.4, 0.5) is 0 Å². The van der Waals surface area contributed by atoms with E-state index in [1.807, 2.05) is 20.8 Å². The maximum atomic E-state index is 11.9. The second-order valence-corrected chi connectivity index (χ2v) is 6.93. The zero-order chi connectivity index (χ0) is 9.61. The van der Waals surface area contributed by atoms with Crippen LogP contribution in [0.5, 0.6) is 0 Å². The van der Waals surface area contributed by atoms with Gasteiger partial charge in [0.05, 0.1) is 13.2 Å². The van der Waals surface area contributed by atoms with E-state index in [2.05, 4.69) is 22.6 Å². The molecule has 0 aliphatic rings. The molecule has 12 heavy (non-hydrogen) atoms. The van der Waals surface area contributed by atoms with Crippen molar-refractivity contribution in [2.75, 3.05) is 13.2 Å². The van der Waals surface area contributed by atoms with E-state index in [-0.39, 0.29) is 3.67 Å². The average molecular weight is 306 g/mol. The van der Waals surface area contributed by atoms with Crippen molar-refractivity contribution in [1.82, 2.24) is 0 Å². The van der Waals surface area contributed by atoms with Gasteiger partial charge in [0.15, 0.2) is 0 Å². The third kappa shape index (κ3) is 3.73. The molecule has 0 rings (SSSR count). The minimum absolute atomic E-state index is 0.0324. The highest BCUT2D eigenvalue weighted by Crippen LogP contribution is 2.56. The molecule has 74 valence electrons. The Morgan fingerprint density at radius 3 is 1.92 bits per heavy atom. The predicted molar refractivity (Wildman–Crippen MR) is 59.0 cm³/mol. The molecule has 0 bridgehead atoms. The van der Waals surface area contributed by atoms with Gasteiger partial charge in [0, 0.05) is 0 Å². The highest BCUT2D eigenvalue weighted by atomic mass is 127. The fourth-order valence-corrected chi connectivity index (χ4v) is 3.31. The third-order valence-electron chi connectivity index (χ3n) is 1.30. The Hall–Kier alpha value is 0.880. The molecule has 0 aromatic heterocycles. The Morgan fingerprint density at radius 1 is 1.25 bits per heavy atom. The van der Waals surface area contributed by atoms with Crippen LogP contribution in [0.1, 0.15) is 27.2 Å². The van der Waals surface area contributed by atoms with E-state index in [0.717, 1.165) is 6.42 Å². The number of hydrogen-bond acceptors (Lipinski definition) is 3. The minimum Gasteiger partial charge on any atom is -0.308 e. The summed E-state index contributed by atoms with van der Waals surface area (Å²) < 4.78 is 22.2. The van der Waals surface area contributed by atoms with Crippen LogP contribution in [0.15, 0.2) is 0 Å². The molecule has 5 heteroatoms. The lowest BCUT2D eigenvalue weighted by Gasteiger charge is -2.20. The Bertz CT molecular complexity index is 153. The smallest absolute Gasteiger partial charge is 0.308 e. The van der Waals surface area contributed by atoms with Crippen LogP contribution in [-0.4, -0.2) is 16.9 Å². The third-order valence-corrected chi connectivity index (χ3v) is 6.51. The molecule has 0 saturated carbocycles. The zero-order valence-corrected chi connectivity index (χ0v) is 10.8. The molecule has 0 N–H and O–H groups in total. The first kappa shape index (κ1) is 12.9. The summed E-state index contributed by atoms with van der Waals surface area (Å²) in [5, 5.41) is 0. The standard InChI is InChI=1S/C7H16IO3P/c1-4-7(8)12(9,10-5-2)11-6-3/h7H,4-6H2,1-3H3/t7-/m0/s1. The number of alkyl halides is 1. The maximum Gasteiger partial charge on any atom is 0.343 e. The van der Waals surface area contributed by atoms with Crippen LogP contribution < -0.4 is 0 Å². The van der Waals surface area contributed by atoms with Crippen molar-refractivity contribution in [2.45, 2.75) is 30.9 Å². The van der Waals surface area contributed by atoms with Crippen LogP contribution in [0, 0.1) is 0 Å². The molecule has 0 aromatic rings. The Morgan fingerprint density at radius 2 is 1.67 bits per heavy atom. The molecule has 0 aliphatic heterocycles. The van der Waals surface area contributed by atoms with Crippen molar-refractivity contribution < 1.29 is 13.6 Å². The Balaban J connectivity index is 4.27. The molecule has 0 aliphatic carbocycles. The van der Waals surface area contributed by atoms with Crippen LogP contribution in [0.2, 0.25) is 0 Å². The van der Waals surface area contributed by atoms with Crippen molar-refractivity contribution in [3.8, 4) is 0 Å². The lowest BCUT2D eigenvalue weighted by atomic mass is 10.6. The van der Waals surface area contributed by atoms with Gasteiger partial charge in [-0.25, -0.2) is 0 Å². The van der Waals surface area contributed by atoms with Gasteiger partial charge in [0.2, 0.25) is 0 Å². The molecule has 1 atom stereocenters. The first-order valence-electron chi connectivity index (χ1n) is 4.13. The fraction of sp³-hybridized carbons (Fsp3) is 1.00. The normalized spacial score (nSPS) is 14.7. The summed E-state index contributed by atoms with van der Waals surface area (Å²) in [4.78, 5) is 0. The summed E-state index contributed by atoms with van der Waals surface area (Å²) in [5.41, 5.74) is 0. The van der Waals surface area contributed by atoms with Crippen LogP contribution >= 0.6 is 30.2 Å². The van der Waals surface area contributed by atoms with Crippen molar-refractivity contribution in [1.29, 1.82) is 0 Å². The van der Waals surface area contributed by atoms with E-state index in [1.54, 1.807) is 0 Å². The molecule has 0 heterocycles. The van der Waals surface area contributed by atoms with Crippen LogP contribution in [0.25, 0.3) is 0 Å². The van der Waals surface area contributed by atoms with Gasteiger partial charge >= 0.3 is 7.60 Å². The van der Waals surface area contributed by atoms with Gasteiger partial charge in [-0.2, -0.15) is 0 Å². The van der Waals surface area contributed by atoms with E-state index in [0.29, 0.717) is 13.2 Å². The number of hydrogen-bond donors (Lipinski definition) is 0. The highest BCUT2D eigenvalue weighted by molar-refractivity contribution is 14.1. The van der Waals surface area contributed by atoms with Gasteiger partial charge in [0.1, 0.15) is 3.67 Å². The van der Waals surface area contributed by atoms with E-state index >= 15 is 0 Å².